The number of rotatable bonds is 3. The minimum Gasteiger partial charge on any atom is -0.399 e. The standard InChI is InChI=1S/C11H12N2O2S2/c1-8-6-9(12)2-3-10(8)17(14,15)7-11-13-4-5-16-11/h2-6H,7,12H2,1H3. The Morgan fingerprint density at radius 2 is 2.18 bits per heavy atom. The van der Waals surface area contributed by atoms with Gasteiger partial charge in [-0.1, -0.05) is 0 Å². The first-order valence-corrected chi connectivity index (χ1v) is 7.49. The number of nitrogen functional groups attached to an aromatic ring is 1. The van der Waals surface area contributed by atoms with Gasteiger partial charge in [0.15, 0.2) is 9.84 Å². The van der Waals surface area contributed by atoms with E-state index in [1.54, 1.807) is 36.7 Å². The number of hydrogen-bond donors (Lipinski definition) is 1. The zero-order chi connectivity index (χ0) is 12.5. The fourth-order valence-electron chi connectivity index (χ4n) is 1.59. The van der Waals surface area contributed by atoms with Crippen LogP contribution in [0.2, 0.25) is 0 Å². The number of hydrogen-bond acceptors (Lipinski definition) is 5. The van der Waals surface area contributed by atoms with Crippen LogP contribution in [0.15, 0.2) is 34.7 Å². The molecule has 1 heterocycles. The van der Waals surface area contributed by atoms with E-state index in [1.165, 1.54) is 11.3 Å². The van der Waals surface area contributed by atoms with Crippen LogP contribution in [0.5, 0.6) is 0 Å². The molecule has 90 valence electrons. The second-order valence-corrected chi connectivity index (χ2v) is 6.65. The number of nitrogens with zero attached hydrogens (tertiary/aromatic N) is 1. The Labute approximate surface area is 104 Å². The van der Waals surface area contributed by atoms with Crippen LogP contribution in [-0.2, 0) is 15.6 Å². The molecule has 0 saturated carbocycles. The van der Waals surface area contributed by atoms with Gasteiger partial charge in [-0.25, -0.2) is 13.4 Å². The summed E-state index contributed by atoms with van der Waals surface area (Å²) in [6.45, 7) is 1.74. The highest BCUT2D eigenvalue weighted by Gasteiger charge is 2.18. The number of anilines is 1. The van der Waals surface area contributed by atoms with Crippen molar-refractivity contribution < 1.29 is 8.42 Å². The summed E-state index contributed by atoms with van der Waals surface area (Å²) < 4.78 is 24.3. The lowest BCUT2D eigenvalue weighted by atomic mass is 10.2. The normalized spacial score (nSPS) is 11.6. The van der Waals surface area contributed by atoms with Crippen molar-refractivity contribution in [3.63, 3.8) is 0 Å². The molecule has 6 heteroatoms. The van der Waals surface area contributed by atoms with Crippen LogP contribution in [0.3, 0.4) is 0 Å². The largest absolute Gasteiger partial charge is 0.399 e. The second-order valence-electron chi connectivity index (χ2n) is 3.71. The van der Waals surface area contributed by atoms with Gasteiger partial charge >= 0.3 is 0 Å². The van der Waals surface area contributed by atoms with Gasteiger partial charge in [-0.15, -0.1) is 11.3 Å². The number of sulfone groups is 1. The van der Waals surface area contributed by atoms with Crippen LogP contribution >= 0.6 is 11.3 Å². The van der Waals surface area contributed by atoms with Crippen molar-refractivity contribution >= 4 is 26.9 Å². The molecule has 0 fully saturated rings. The molecular formula is C11H12N2O2S2. The number of aryl methyl sites for hydroxylation is 1. The van der Waals surface area contributed by atoms with Crippen LogP contribution in [0, 0.1) is 6.92 Å². The highest BCUT2D eigenvalue weighted by atomic mass is 32.2. The van der Waals surface area contributed by atoms with Gasteiger partial charge in [0.25, 0.3) is 0 Å². The van der Waals surface area contributed by atoms with Gasteiger partial charge < -0.3 is 5.73 Å². The predicted molar refractivity (Wildman–Crippen MR) is 68.6 cm³/mol. The lowest BCUT2D eigenvalue weighted by molar-refractivity contribution is 0.594. The van der Waals surface area contributed by atoms with Gasteiger partial charge in [0, 0.05) is 17.3 Å². The van der Waals surface area contributed by atoms with Crippen molar-refractivity contribution in [3.8, 4) is 0 Å². The molecule has 0 spiro atoms. The monoisotopic (exact) mass is 268 g/mol. The quantitative estimate of drug-likeness (QED) is 0.864. The highest BCUT2D eigenvalue weighted by Crippen LogP contribution is 2.22. The van der Waals surface area contributed by atoms with Crippen molar-refractivity contribution in [2.24, 2.45) is 0 Å². The van der Waals surface area contributed by atoms with Gasteiger partial charge in [0.2, 0.25) is 0 Å². The molecule has 2 aromatic rings. The van der Waals surface area contributed by atoms with Crippen LogP contribution in [0.25, 0.3) is 0 Å². The average molecular weight is 268 g/mol. The zero-order valence-electron chi connectivity index (χ0n) is 9.25. The molecule has 0 radical (unpaired) electrons. The maximum Gasteiger partial charge on any atom is 0.185 e. The molecular weight excluding hydrogens is 256 g/mol. The maximum absolute atomic E-state index is 12.2. The van der Waals surface area contributed by atoms with Crippen molar-refractivity contribution in [1.29, 1.82) is 0 Å². The van der Waals surface area contributed by atoms with E-state index in [4.69, 9.17) is 5.73 Å². The highest BCUT2D eigenvalue weighted by molar-refractivity contribution is 7.90. The third-order valence-corrected chi connectivity index (χ3v) is 5.08. The minimum absolute atomic E-state index is 0.0601. The Balaban J connectivity index is 2.38. The number of thiazole rings is 1. The SMILES string of the molecule is Cc1cc(N)ccc1S(=O)(=O)Cc1nccs1. The average Bonchev–Trinajstić information content (AvgIpc) is 2.68. The smallest absolute Gasteiger partial charge is 0.185 e. The van der Waals surface area contributed by atoms with E-state index in [1.807, 2.05) is 0 Å². The van der Waals surface area contributed by atoms with Gasteiger partial charge in [0.05, 0.1) is 4.90 Å². The summed E-state index contributed by atoms with van der Waals surface area (Å²) in [5, 5.41) is 2.36. The lowest BCUT2D eigenvalue weighted by Gasteiger charge is -2.06. The fourth-order valence-corrected chi connectivity index (χ4v) is 4.10. The minimum atomic E-state index is -3.34. The molecule has 0 bridgehead atoms. The van der Waals surface area contributed by atoms with Gasteiger partial charge in [-0.05, 0) is 30.7 Å². The third kappa shape index (κ3) is 2.65. The maximum atomic E-state index is 12.2. The summed E-state index contributed by atoms with van der Waals surface area (Å²) >= 11 is 1.34. The van der Waals surface area contributed by atoms with Crippen LogP contribution < -0.4 is 5.73 Å². The first-order valence-electron chi connectivity index (χ1n) is 4.96. The van der Waals surface area contributed by atoms with E-state index < -0.39 is 9.84 Å². The van der Waals surface area contributed by atoms with Crippen molar-refractivity contribution in [2.45, 2.75) is 17.6 Å². The Morgan fingerprint density at radius 3 is 2.76 bits per heavy atom. The van der Waals surface area contributed by atoms with Crippen molar-refractivity contribution in [3.05, 3.63) is 40.3 Å². The predicted octanol–water partition coefficient (Wildman–Crippen LogP) is 2.01. The number of benzene rings is 1. The molecule has 1 aromatic carbocycles. The summed E-state index contributed by atoms with van der Waals surface area (Å²) in [5.41, 5.74) is 6.84. The number of aromatic nitrogens is 1. The summed E-state index contributed by atoms with van der Waals surface area (Å²) in [6, 6.07) is 4.81. The molecule has 2 N–H and O–H groups in total. The van der Waals surface area contributed by atoms with Gasteiger partial charge in [0.1, 0.15) is 10.8 Å². The fraction of sp³-hybridized carbons (Fsp3) is 0.182. The lowest BCUT2D eigenvalue weighted by Crippen LogP contribution is -2.07. The molecule has 0 unspecified atom stereocenters. The summed E-state index contributed by atoms with van der Waals surface area (Å²) in [4.78, 5) is 4.31. The molecule has 0 atom stereocenters. The summed E-state index contributed by atoms with van der Waals surface area (Å²) in [5.74, 6) is -0.0601. The molecule has 0 aliphatic carbocycles. The van der Waals surface area contributed by atoms with E-state index in [9.17, 15) is 8.42 Å². The molecule has 2 rings (SSSR count). The Morgan fingerprint density at radius 1 is 1.41 bits per heavy atom. The summed E-state index contributed by atoms with van der Waals surface area (Å²) in [6.07, 6.45) is 1.60. The van der Waals surface area contributed by atoms with Gasteiger partial charge in [-0.3, -0.25) is 0 Å². The molecule has 0 aliphatic heterocycles. The Hall–Kier alpha value is -1.40. The van der Waals surface area contributed by atoms with E-state index >= 15 is 0 Å². The first kappa shape index (κ1) is 12.1. The Bertz CT molecular complexity index is 619. The van der Waals surface area contributed by atoms with E-state index in [0.29, 0.717) is 21.2 Å². The van der Waals surface area contributed by atoms with Crippen molar-refractivity contribution in [2.75, 3.05) is 5.73 Å². The van der Waals surface area contributed by atoms with Crippen LogP contribution in [0.4, 0.5) is 5.69 Å². The molecule has 4 nitrogen and oxygen atoms in total. The number of nitrogens with two attached hydrogens (primary N) is 1. The van der Waals surface area contributed by atoms with Crippen molar-refractivity contribution in [1.82, 2.24) is 4.98 Å². The van der Waals surface area contributed by atoms with E-state index in [0.717, 1.165) is 0 Å². The first-order chi connectivity index (χ1) is 7.99. The van der Waals surface area contributed by atoms with E-state index in [-0.39, 0.29) is 5.75 Å². The molecule has 17 heavy (non-hydrogen) atoms. The van der Waals surface area contributed by atoms with Gasteiger partial charge in [-0.2, -0.15) is 0 Å². The van der Waals surface area contributed by atoms with Crippen LogP contribution in [0.1, 0.15) is 10.6 Å². The second kappa shape index (κ2) is 4.46. The van der Waals surface area contributed by atoms with E-state index in [2.05, 4.69) is 4.98 Å². The molecule has 1 aromatic heterocycles. The van der Waals surface area contributed by atoms with Crippen LogP contribution in [-0.4, -0.2) is 13.4 Å². The summed E-state index contributed by atoms with van der Waals surface area (Å²) in [7, 11) is -3.34. The molecule has 0 aliphatic rings. The Kier molecular flexibility index (Phi) is 3.17. The topological polar surface area (TPSA) is 73.1 Å². The zero-order valence-corrected chi connectivity index (χ0v) is 10.9. The molecule has 0 amide bonds. The molecule has 0 saturated heterocycles. The third-order valence-electron chi connectivity index (χ3n) is 2.33.